The molecule has 0 radical (unpaired) electrons. The van der Waals surface area contributed by atoms with Gasteiger partial charge in [0, 0.05) is 17.3 Å². The average molecular weight is 376 g/mol. The molecule has 134 valence electrons. The van der Waals surface area contributed by atoms with Crippen molar-refractivity contribution in [2.45, 2.75) is 6.92 Å². The molecule has 1 saturated heterocycles. The molecule has 2 N–H and O–H groups in total. The van der Waals surface area contributed by atoms with E-state index in [1.165, 1.54) is 12.1 Å². The average Bonchev–Trinajstić information content (AvgIpc) is 2.60. The summed E-state index contributed by atoms with van der Waals surface area (Å²) in [5.74, 6) is -2.86. The molecule has 0 aromatic heterocycles. The molecule has 1 aliphatic rings. The molecule has 6 nitrogen and oxygen atoms in total. The molecule has 8 heteroatoms. The van der Waals surface area contributed by atoms with Crippen molar-refractivity contribution in [2.24, 2.45) is 5.92 Å². The zero-order valence-corrected chi connectivity index (χ0v) is 14.5. The van der Waals surface area contributed by atoms with Gasteiger partial charge in [0.1, 0.15) is 11.7 Å². The van der Waals surface area contributed by atoms with Crippen LogP contribution in [-0.2, 0) is 9.59 Å². The summed E-state index contributed by atoms with van der Waals surface area (Å²) in [4.78, 5) is 38.0. The van der Waals surface area contributed by atoms with Crippen molar-refractivity contribution in [3.05, 3.63) is 58.9 Å². The fourth-order valence-corrected chi connectivity index (χ4v) is 2.73. The number of anilines is 2. The van der Waals surface area contributed by atoms with Gasteiger partial charge >= 0.3 is 6.03 Å². The number of carbonyl (C=O) groups is 3. The number of amides is 4. The zero-order chi connectivity index (χ0) is 18.8. The number of carbonyl (C=O) groups excluding carboxylic acids is 3. The minimum absolute atomic E-state index is 0.124. The van der Waals surface area contributed by atoms with Gasteiger partial charge in [-0.25, -0.2) is 14.1 Å². The molecule has 0 aliphatic carbocycles. The Hall–Kier alpha value is -2.93. The molecule has 1 fully saturated rings. The Labute approximate surface area is 153 Å². The summed E-state index contributed by atoms with van der Waals surface area (Å²) in [6, 6.07) is 9.19. The molecule has 2 aromatic carbocycles. The number of nitrogens with one attached hydrogen (secondary N) is 2. The van der Waals surface area contributed by atoms with Crippen LogP contribution in [0.1, 0.15) is 5.56 Å². The summed E-state index contributed by atoms with van der Waals surface area (Å²) < 4.78 is 13.1. The smallest absolute Gasteiger partial charge is 0.328 e. The van der Waals surface area contributed by atoms with Crippen molar-refractivity contribution < 1.29 is 18.8 Å². The number of aryl methyl sites for hydroxylation is 1. The molecule has 1 heterocycles. The molecule has 1 unspecified atom stereocenters. The first-order valence-corrected chi connectivity index (χ1v) is 8.19. The third-order valence-corrected chi connectivity index (χ3v) is 4.43. The van der Waals surface area contributed by atoms with E-state index < -0.39 is 29.6 Å². The highest BCUT2D eigenvalue weighted by Gasteiger charge is 2.39. The monoisotopic (exact) mass is 375 g/mol. The molecule has 2 aromatic rings. The lowest BCUT2D eigenvalue weighted by atomic mass is 10.0. The Bertz CT molecular complexity index is 886. The molecule has 26 heavy (non-hydrogen) atoms. The molecular formula is C18H15ClFN3O3. The molecule has 1 aliphatic heterocycles. The number of halogens is 2. The number of nitrogens with zero attached hydrogens (tertiary/aromatic N) is 1. The molecule has 0 spiro atoms. The lowest BCUT2D eigenvalue weighted by Crippen LogP contribution is -2.58. The Balaban J connectivity index is 1.80. The Kier molecular flexibility index (Phi) is 4.90. The third kappa shape index (κ3) is 3.52. The van der Waals surface area contributed by atoms with E-state index in [0.29, 0.717) is 10.7 Å². The summed E-state index contributed by atoms with van der Waals surface area (Å²) in [5, 5.41) is 5.61. The number of benzene rings is 2. The minimum Gasteiger partial charge on any atom is -0.336 e. The SMILES string of the molecule is Cc1ccc(NC(=O)C2CNC(=O)N(c3ccc(F)cc3)C2=O)cc1Cl. The van der Waals surface area contributed by atoms with Gasteiger partial charge in [0.2, 0.25) is 11.8 Å². The van der Waals surface area contributed by atoms with Crippen molar-refractivity contribution in [1.82, 2.24) is 5.32 Å². The normalized spacial score (nSPS) is 17.0. The second-order valence-corrected chi connectivity index (χ2v) is 6.25. The number of hydrogen-bond acceptors (Lipinski definition) is 3. The van der Waals surface area contributed by atoms with Gasteiger partial charge in [0.25, 0.3) is 0 Å². The molecule has 3 rings (SSSR count). The highest BCUT2D eigenvalue weighted by atomic mass is 35.5. The van der Waals surface area contributed by atoms with Crippen LogP contribution in [0.3, 0.4) is 0 Å². The summed E-state index contributed by atoms with van der Waals surface area (Å²) in [6.45, 7) is 1.70. The first kappa shape index (κ1) is 17.9. The van der Waals surface area contributed by atoms with Crippen molar-refractivity contribution in [3.8, 4) is 0 Å². The lowest BCUT2D eigenvalue weighted by molar-refractivity contribution is -0.130. The van der Waals surface area contributed by atoms with E-state index in [1.807, 2.05) is 6.92 Å². The van der Waals surface area contributed by atoms with E-state index >= 15 is 0 Å². The van der Waals surface area contributed by atoms with Crippen LogP contribution in [0.25, 0.3) is 0 Å². The van der Waals surface area contributed by atoms with Crippen molar-refractivity contribution in [1.29, 1.82) is 0 Å². The second kappa shape index (κ2) is 7.13. The van der Waals surface area contributed by atoms with Gasteiger partial charge in [-0.2, -0.15) is 0 Å². The fraction of sp³-hybridized carbons (Fsp3) is 0.167. The largest absolute Gasteiger partial charge is 0.336 e. The van der Waals surface area contributed by atoms with Crippen LogP contribution in [0, 0.1) is 18.7 Å². The predicted molar refractivity (Wildman–Crippen MR) is 95.6 cm³/mol. The topological polar surface area (TPSA) is 78.5 Å². The summed E-state index contributed by atoms with van der Waals surface area (Å²) in [6.07, 6.45) is 0. The summed E-state index contributed by atoms with van der Waals surface area (Å²) in [5.41, 5.74) is 1.49. The van der Waals surface area contributed by atoms with Gasteiger partial charge in [-0.05, 0) is 48.9 Å². The minimum atomic E-state index is -1.11. The van der Waals surface area contributed by atoms with E-state index in [2.05, 4.69) is 10.6 Å². The summed E-state index contributed by atoms with van der Waals surface area (Å²) in [7, 11) is 0. The van der Waals surface area contributed by atoms with Crippen LogP contribution >= 0.6 is 11.6 Å². The number of rotatable bonds is 3. The van der Waals surface area contributed by atoms with Crippen LogP contribution in [0.5, 0.6) is 0 Å². The Morgan fingerprint density at radius 3 is 2.58 bits per heavy atom. The van der Waals surface area contributed by atoms with E-state index in [9.17, 15) is 18.8 Å². The van der Waals surface area contributed by atoms with Crippen LogP contribution in [0.15, 0.2) is 42.5 Å². The molecule has 0 saturated carbocycles. The molecular weight excluding hydrogens is 361 g/mol. The fourth-order valence-electron chi connectivity index (χ4n) is 2.55. The maximum atomic E-state index is 13.1. The van der Waals surface area contributed by atoms with E-state index in [4.69, 9.17) is 11.6 Å². The lowest BCUT2D eigenvalue weighted by Gasteiger charge is -2.30. The second-order valence-electron chi connectivity index (χ2n) is 5.84. The number of urea groups is 1. The number of hydrogen-bond donors (Lipinski definition) is 2. The van der Waals surface area contributed by atoms with Crippen LogP contribution in [-0.4, -0.2) is 24.4 Å². The van der Waals surface area contributed by atoms with Gasteiger partial charge in [0.05, 0.1) is 5.69 Å². The highest BCUT2D eigenvalue weighted by molar-refractivity contribution is 6.31. The van der Waals surface area contributed by atoms with Gasteiger partial charge in [-0.15, -0.1) is 0 Å². The quantitative estimate of drug-likeness (QED) is 0.809. The van der Waals surface area contributed by atoms with E-state index in [1.54, 1.807) is 18.2 Å². The maximum absolute atomic E-state index is 13.1. The van der Waals surface area contributed by atoms with Gasteiger partial charge < -0.3 is 10.6 Å². The molecule has 1 atom stereocenters. The van der Waals surface area contributed by atoms with Crippen LogP contribution < -0.4 is 15.5 Å². The van der Waals surface area contributed by atoms with Crippen LogP contribution in [0.4, 0.5) is 20.6 Å². The predicted octanol–water partition coefficient (Wildman–Crippen LogP) is 3.10. The van der Waals surface area contributed by atoms with E-state index in [-0.39, 0.29) is 12.2 Å². The maximum Gasteiger partial charge on any atom is 0.328 e. The Morgan fingerprint density at radius 1 is 1.23 bits per heavy atom. The van der Waals surface area contributed by atoms with Gasteiger partial charge in [-0.1, -0.05) is 17.7 Å². The van der Waals surface area contributed by atoms with Crippen molar-refractivity contribution in [2.75, 3.05) is 16.8 Å². The van der Waals surface area contributed by atoms with E-state index in [0.717, 1.165) is 22.6 Å². The standard InChI is InChI=1S/C18H15ClFN3O3/c1-10-2-5-12(8-15(10)19)22-16(24)14-9-21-18(26)23(17(14)25)13-6-3-11(20)4-7-13/h2-8,14H,9H2,1H3,(H,21,26)(H,22,24). The number of imide groups is 1. The molecule has 0 bridgehead atoms. The van der Waals surface area contributed by atoms with Gasteiger partial charge in [-0.3, -0.25) is 9.59 Å². The first-order chi connectivity index (χ1) is 12.4. The highest BCUT2D eigenvalue weighted by Crippen LogP contribution is 2.23. The van der Waals surface area contributed by atoms with Crippen molar-refractivity contribution in [3.63, 3.8) is 0 Å². The van der Waals surface area contributed by atoms with Crippen LogP contribution in [0.2, 0.25) is 5.02 Å². The zero-order valence-electron chi connectivity index (χ0n) is 13.8. The third-order valence-electron chi connectivity index (χ3n) is 4.02. The first-order valence-electron chi connectivity index (χ1n) is 7.81. The van der Waals surface area contributed by atoms with Gasteiger partial charge in [0.15, 0.2) is 0 Å². The summed E-state index contributed by atoms with van der Waals surface area (Å²) >= 11 is 6.03. The van der Waals surface area contributed by atoms with Crippen molar-refractivity contribution >= 4 is 40.8 Å². The Morgan fingerprint density at radius 2 is 1.92 bits per heavy atom. The molecule has 4 amide bonds.